The number of carbonyl (C=O) groups is 2. The zero-order valence-electron chi connectivity index (χ0n) is 19.0. The lowest BCUT2D eigenvalue weighted by Crippen LogP contribution is -2.30. The van der Waals surface area contributed by atoms with E-state index >= 15 is 0 Å². The summed E-state index contributed by atoms with van der Waals surface area (Å²) >= 11 is 6.43. The van der Waals surface area contributed by atoms with Gasteiger partial charge in [-0.3, -0.25) is 9.69 Å². The van der Waals surface area contributed by atoms with Crippen molar-refractivity contribution in [2.45, 2.75) is 26.9 Å². The number of rotatable bonds is 5. The number of nitrogens with one attached hydrogen (secondary N) is 1. The van der Waals surface area contributed by atoms with Crippen LogP contribution in [-0.2, 0) is 17.9 Å². The van der Waals surface area contributed by atoms with Gasteiger partial charge in [0.15, 0.2) is 0 Å². The standard InChI is InChI=1S/C28H24ClN3O2/c1-18-8-7-9-20(14-18)16-32-27(33)25(30-28(32)34)15-23-19(2)31(26-13-6-4-11-22(23)26)17-21-10-3-5-12-24(21)29/h3-15H,16-17H2,1-2H3,(H,30,34)/b25-15+. The SMILES string of the molecule is Cc1cccc(CN2C(=O)N/C(=C/c3c(C)n(Cc4ccccc4Cl)c4ccccc34)C2=O)c1. The maximum atomic E-state index is 13.1. The Labute approximate surface area is 203 Å². The van der Waals surface area contributed by atoms with E-state index in [1.54, 1.807) is 6.08 Å². The van der Waals surface area contributed by atoms with Gasteiger partial charge in [0, 0.05) is 33.7 Å². The number of urea groups is 1. The van der Waals surface area contributed by atoms with Gasteiger partial charge in [0.05, 0.1) is 6.54 Å². The van der Waals surface area contributed by atoms with E-state index in [2.05, 4.69) is 16.0 Å². The molecular weight excluding hydrogens is 446 g/mol. The summed E-state index contributed by atoms with van der Waals surface area (Å²) in [6.07, 6.45) is 1.79. The van der Waals surface area contributed by atoms with Gasteiger partial charge in [-0.2, -0.15) is 0 Å². The second-order valence-corrected chi connectivity index (χ2v) is 8.97. The van der Waals surface area contributed by atoms with Crippen LogP contribution < -0.4 is 5.32 Å². The minimum Gasteiger partial charge on any atom is -0.340 e. The summed E-state index contributed by atoms with van der Waals surface area (Å²) < 4.78 is 2.19. The van der Waals surface area contributed by atoms with Gasteiger partial charge in [-0.15, -0.1) is 0 Å². The van der Waals surface area contributed by atoms with Crippen molar-refractivity contribution in [3.63, 3.8) is 0 Å². The number of amides is 3. The Morgan fingerprint density at radius 1 is 0.912 bits per heavy atom. The van der Waals surface area contributed by atoms with Crippen molar-refractivity contribution < 1.29 is 9.59 Å². The third-order valence-corrected chi connectivity index (χ3v) is 6.61. The molecule has 0 radical (unpaired) electrons. The topological polar surface area (TPSA) is 54.3 Å². The lowest BCUT2D eigenvalue weighted by molar-refractivity contribution is -0.123. The van der Waals surface area contributed by atoms with Gasteiger partial charge in [-0.1, -0.05) is 77.8 Å². The molecule has 5 nitrogen and oxygen atoms in total. The molecule has 1 aromatic heterocycles. The number of aromatic nitrogens is 1. The lowest BCUT2D eigenvalue weighted by Gasteiger charge is -2.12. The van der Waals surface area contributed by atoms with Crippen molar-refractivity contribution in [1.82, 2.24) is 14.8 Å². The number of aryl methyl sites for hydroxylation is 1. The summed E-state index contributed by atoms with van der Waals surface area (Å²) in [5.74, 6) is -0.325. The first-order valence-electron chi connectivity index (χ1n) is 11.1. The molecule has 0 saturated carbocycles. The fourth-order valence-electron chi connectivity index (χ4n) is 4.49. The average molecular weight is 470 g/mol. The molecule has 1 fully saturated rings. The molecule has 170 valence electrons. The molecule has 0 spiro atoms. The van der Waals surface area contributed by atoms with Crippen LogP contribution in [0.2, 0.25) is 5.02 Å². The van der Waals surface area contributed by atoms with Crippen molar-refractivity contribution in [2.24, 2.45) is 0 Å². The molecule has 1 aliphatic rings. The predicted octanol–water partition coefficient (Wildman–Crippen LogP) is 6.05. The summed E-state index contributed by atoms with van der Waals surface area (Å²) in [5.41, 5.74) is 6.24. The van der Waals surface area contributed by atoms with Crippen molar-refractivity contribution >= 4 is 40.5 Å². The molecule has 3 aromatic carbocycles. The molecule has 1 N–H and O–H groups in total. The van der Waals surface area contributed by atoms with Crippen LogP contribution in [0.5, 0.6) is 0 Å². The van der Waals surface area contributed by atoms with Gasteiger partial charge >= 0.3 is 6.03 Å². The van der Waals surface area contributed by atoms with Crippen molar-refractivity contribution in [3.8, 4) is 0 Å². The molecule has 1 saturated heterocycles. The van der Waals surface area contributed by atoms with Crippen LogP contribution in [0.3, 0.4) is 0 Å². The molecule has 0 unspecified atom stereocenters. The highest BCUT2D eigenvalue weighted by molar-refractivity contribution is 6.31. The fraction of sp³-hybridized carbons (Fsp3) is 0.143. The molecule has 0 bridgehead atoms. The molecule has 0 aliphatic carbocycles. The van der Waals surface area contributed by atoms with Gasteiger partial charge in [0.25, 0.3) is 5.91 Å². The highest BCUT2D eigenvalue weighted by Gasteiger charge is 2.34. The number of hydrogen-bond acceptors (Lipinski definition) is 2. The van der Waals surface area contributed by atoms with Gasteiger partial charge in [0.1, 0.15) is 5.70 Å². The quantitative estimate of drug-likeness (QED) is 0.285. The third kappa shape index (κ3) is 3.99. The maximum Gasteiger partial charge on any atom is 0.329 e. The van der Waals surface area contributed by atoms with Crippen LogP contribution in [0.1, 0.15) is 27.9 Å². The van der Waals surface area contributed by atoms with Gasteiger partial charge < -0.3 is 9.88 Å². The highest BCUT2D eigenvalue weighted by Crippen LogP contribution is 2.30. The Morgan fingerprint density at radius 2 is 1.68 bits per heavy atom. The Morgan fingerprint density at radius 3 is 2.47 bits per heavy atom. The minimum absolute atomic E-state index is 0.233. The molecular formula is C28H24ClN3O2. The number of carbonyl (C=O) groups excluding carboxylic acids is 2. The Hall–Kier alpha value is -3.83. The largest absolute Gasteiger partial charge is 0.340 e. The minimum atomic E-state index is -0.407. The molecule has 34 heavy (non-hydrogen) atoms. The summed E-state index contributed by atoms with van der Waals surface area (Å²) in [4.78, 5) is 27.0. The molecule has 5 rings (SSSR count). The zero-order chi connectivity index (χ0) is 23.8. The predicted molar refractivity (Wildman–Crippen MR) is 135 cm³/mol. The number of hydrogen-bond donors (Lipinski definition) is 1. The summed E-state index contributed by atoms with van der Waals surface area (Å²) in [6, 6.07) is 23.3. The first-order valence-corrected chi connectivity index (χ1v) is 11.5. The van der Waals surface area contributed by atoms with Crippen LogP contribution in [0.15, 0.2) is 78.5 Å². The third-order valence-electron chi connectivity index (χ3n) is 6.24. The molecule has 2 heterocycles. The lowest BCUT2D eigenvalue weighted by atomic mass is 10.1. The molecule has 4 aromatic rings. The number of para-hydroxylation sites is 1. The van der Waals surface area contributed by atoms with Crippen molar-refractivity contribution in [2.75, 3.05) is 0 Å². The Balaban J connectivity index is 1.52. The van der Waals surface area contributed by atoms with E-state index in [0.717, 1.165) is 38.9 Å². The number of halogens is 1. The van der Waals surface area contributed by atoms with Gasteiger partial charge in [-0.05, 0) is 43.2 Å². The van der Waals surface area contributed by atoms with Crippen molar-refractivity contribution in [3.05, 3.63) is 111 Å². The fourth-order valence-corrected chi connectivity index (χ4v) is 4.69. The van der Waals surface area contributed by atoms with E-state index in [1.165, 1.54) is 4.90 Å². The van der Waals surface area contributed by atoms with Crippen LogP contribution in [0.4, 0.5) is 4.79 Å². The van der Waals surface area contributed by atoms with Gasteiger partial charge in [0.2, 0.25) is 0 Å². The molecule has 3 amide bonds. The van der Waals surface area contributed by atoms with E-state index in [9.17, 15) is 9.59 Å². The Kier molecular flexibility index (Phi) is 5.72. The van der Waals surface area contributed by atoms with E-state index in [1.807, 2.05) is 80.6 Å². The van der Waals surface area contributed by atoms with Crippen LogP contribution >= 0.6 is 11.6 Å². The van der Waals surface area contributed by atoms with E-state index in [-0.39, 0.29) is 18.1 Å². The summed E-state index contributed by atoms with van der Waals surface area (Å²) in [6.45, 7) is 4.85. The van der Waals surface area contributed by atoms with Crippen molar-refractivity contribution in [1.29, 1.82) is 0 Å². The summed E-state index contributed by atoms with van der Waals surface area (Å²) in [7, 11) is 0. The van der Waals surface area contributed by atoms with Crippen LogP contribution in [0, 0.1) is 13.8 Å². The molecule has 1 aliphatic heterocycles. The average Bonchev–Trinajstić information content (AvgIpc) is 3.24. The normalized spacial score (nSPS) is 14.9. The summed E-state index contributed by atoms with van der Waals surface area (Å²) in [5, 5.41) is 4.49. The maximum absolute atomic E-state index is 13.1. The highest BCUT2D eigenvalue weighted by atomic mass is 35.5. The van der Waals surface area contributed by atoms with E-state index < -0.39 is 6.03 Å². The number of benzene rings is 3. The van der Waals surface area contributed by atoms with Crippen LogP contribution in [-0.4, -0.2) is 21.4 Å². The first-order chi connectivity index (χ1) is 16.4. The Bertz CT molecular complexity index is 1470. The monoisotopic (exact) mass is 469 g/mol. The number of nitrogens with zero attached hydrogens (tertiary/aromatic N) is 2. The number of fused-ring (bicyclic) bond motifs is 1. The van der Waals surface area contributed by atoms with E-state index in [0.29, 0.717) is 11.6 Å². The van der Waals surface area contributed by atoms with E-state index in [4.69, 9.17) is 11.6 Å². The smallest absolute Gasteiger partial charge is 0.329 e. The number of imide groups is 1. The molecule has 0 atom stereocenters. The molecule has 6 heteroatoms. The second kappa shape index (κ2) is 8.84. The van der Waals surface area contributed by atoms with Gasteiger partial charge in [-0.25, -0.2) is 4.79 Å². The van der Waals surface area contributed by atoms with Crippen LogP contribution in [0.25, 0.3) is 17.0 Å². The second-order valence-electron chi connectivity index (χ2n) is 8.56. The first kappa shape index (κ1) is 22.0. The zero-order valence-corrected chi connectivity index (χ0v) is 19.8.